The molecule has 0 fully saturated rings. The molecule has 2 rings (SSSR count). The summed E-state index contributed by atoms with van der Waals surface area (Å²) in [6.45, 7) is -0.0177. The number of carbonyl (C=O) groups is 1. The van der Waals surface area contributed by atoms with Crippen molar-refractivity contribution in [2.75, 3.05) is 6.54 Å². The number of aliphatic hydroxyl groups excluding tert-OH is 1. The molecule has 0 saturated carbocycles. The van der Waals surface area contributed by atoms with Gasteiger partial charge in [-0.25, -0.2) is 8.78 Å². The van der Waals surface area contributed by atoms with Gasteiger partial charge in [-0.1, -0.05) is 12.1 Å². The van der Waals surface area contributed by atoms with Gasteiger partial charge < -0.3 is 10.4 Å². The second-order valence-corrected chi connectivity index (χ2v) is 4.58. The monoisotopic (exact) mass is 304 g/mol. The molecule has 4 nitrogen and oxygen atoms in total. The number of nitrogens with zero attached hydrogens (tertiary/aromatic N) is 1. The number of aliphatic hydroxyl groups is 1. The Morgan fingerprint density at radius 2 is 1.95 bits per heavy atom. The van der Waals surface area contributed by atoms with Crippen LogP contribution >= 0.6 is 0 Å². The van der Waals surface area contributed by atoms with Crippen LogP contribution in [-0.4, -0.2) is 22.5 Å². The minimum Gasteiger partial charge on any atom is -0.387 e. The molecule has 6 heteroatoms. The topological polar surface area (TPSA) is 62.2 Å². The summed E-state index contributed by atoms with van der Waals surface area (Å²) in [5, 5.41) is 12.4. The average molecular weight is 304 g/mol. The first-order chi connectivity index (χ1) is 10.5. The fourth-order valence-corrected chi connectivity index (χ4v) is 1.75. The van der Waals surface area contributed by atoms with Gasteiger partial charge >= 0.3 is 0 Å². The van der Waals surface area contributed by atoms with E-state index in [4.69, 9.17) is 0 Å². The number of hydrogen-bond donors (Lipinski definition) is 2. The Hall–Kier alpha value is -2.60. The van der Waals surface area contributed by atoms with Gasteiger partial charge in [-0.05, 0) is 35.4 Å². The molecule has 1 heterocycles. The van der Waals surface area contributed by atoms with E-state index in [1.807, 2.05) is 0 Å². The minimum absolute atomic E-state index is 0.0177. The van der Waals surface area contributed by atoms with E-state index in [0.29, 0.717) is 11.1 Å². The highest BCUT2D eigenvalue weighted by Gasteiger charge is 2.08. The van der Waals surface area contributed by atoms with Crippen molar-refractivity contribution >= 4 is 12.0 Å². The predicted molar refractivity (Wildman–Crippen MR) is 77.6 cm³/mol. The highest BCUT2D eigenvalue weighted by Crippen LogP contribution is 2.12. The highest BCUT2D eigenvalue weighted by atomic mass is 19.1. The lowest BCUT2D eigenvalue weighted by Crippen LogP contribution is -2.26. The number of pyridine rings is 1. The van der Waals surface area contributed by atoms with Crippen LogP contribution in [0.4, 0.5) is 8.78 Å². The van der Waals surface area contributed by atoms with Crippen LogP contribution in [-0.2, 0) is 4.79 Å². The van der Waals surface area contributed by atoms with Crippen molar-refractivity contribution in [1.29, 1.82) is 0 Å². The van der Waals surface area contributed by atoms with Gasteiger partial charge in [0.15, 0.2) is 0 Å². The fourth-order valence-electron chi connectivity index (χ4n) is 1.75. The van der Waals surface area contributed by atoms with Crippen molar-refractivity contribution in [2.45, 2.75) is 6.10 Å². The van der Waals surface area contributed by atoms with Crippen molar-refractivity contribution < 1.29 is 18.7 Å². The maximum atomic E-state index is 12.9. The maximum Gasteiger partial charge on any atom is 0.244 e. The van der Waals surface area contributed by atoms with Crippen LogP contribution in [0.2, 0.25) is 0 Å². The van der Waals surface area contributed by atoms with Gasteiger partial charge in [0.1, 0.15) is 11.6 Å². The van der Waals surface area contributed by atoms with E-state index in [0.717, 1.165) is 6.20 Å². The molecule has 1 amide bonds. The van der Waals surface area contributed by atoms with E-state index < -0.39 is 23.6 Å². The third kappa shape index (κ3) is 4.75. The fraction of sp³-hybridized carbons (Fsp3) is 0.125. The minimum atomic E-state index is -0.936. The Balaban J connectivity index is 1.86. The van der Waals surface area contributed by atoms with Gasteiger partial charge in [0.05, 0.1) is 12.3 Å². The second kappa shape index (κ2) is 7.42. The third-order valence-corrected chi connectivity index (χ3v) is 2.88. The molecule has 22 heavy (non-hydrogen) atoms. The SMILES string of the molecule is O=C(/C=C/c1cncc(F)c1)NCC(O)c1ccc(F)cc1. The first-order valence-corrected chi connectivity index (χ1v) is 6.54. The summed E-state index contributed by atoms with van der Waals surface area (Å²) >= 11 is 0. The second-order valence-electron chi connectivity index (χ2n) is 4.58. The zero-order valence-electron chi connectivity index (χ0n) is 11.5. The molecule has 0 saturated heterocycles. The Morgan fingerprint density at radius 1 is 1.23 bits per heavy atom. The van der Waals surface area contributed by atoms with Crippen LogP contribution in [0.25, 0.3) is 6.08 Å². The van der Waals surface area contributed by atoms with Crippen LogP contribution in [0.3, 0.4) is 0 Å². The molecule has 0 spiro atoms. The zero-order valence-corrected chi connectivity index (χ0v) is 11.5. The Labute approximate surface area is 126 Å². The first-order valence-electron chi connectivity index (χ1n) is 6.54. The number of hydrogen-bond acceptors (Lipinski definition) is 3. The summed E-state index contributed by atoms with van der Waals surface area (Å²) in [6, 6.07) is 6.60. The van der Waals surface area contributed by atoms with Gasteiger partial charge in [-0.15, -0.1) is 0 Å². The summed E-state index contributed by atoms with van der Waals surface area (Å²) in [5.41, 5.74) is 0.953. The smallest absolute Gasteiger partial charge is 0.244 e. The molecule has 1 atom stereocenters. The first kappa shape index (κ1) is 15.8. The molecule has 0 bridgehead atoms. The lowest BCUT2D eigenvalue weighted by Gasteiger charge is -2.11. The van der Waals surface area contributed by atoms with Gasteiger partial charge in [0.2, 0.25) is 5.91 Å². The van der Waals surface area contributed by atoms with E-state index in [1.54, 1.807) is 0 Å². The average Bonchev–Trinajstić information content (AvgIpc) is 2.51. The molecule has 1 aromatic carbocycles. The number of amides is 1. The number of benzene rings is 1. The predicted octanol–water partition coefficient (Wildman–Crippen LogP) is 2.22. The Morgan fingerprint density at radius 3 is 2.64 bits per heavy atom. The number of rotatable bonds is 5. The van der Waals surface area contributed by atoms with E-state index in [1.165, 1.54) is 48.7 Å². The molecular weight excluding hydrogens is 290 g/mol. The van der Waals surface area contributed by atoms with Crippen molar-refractivity contribution in [1.82, 2.24) is 10.3 Å². The lowest BCUT2D eigenvalue weighted by molar-refractivity contribution is -0.116. The summed E-state index contributed by atoms with van der Waals surface area (Å²) < 4.78 is 25.7. The summed E-state index contributed by atoms with van der Waals surface area (Å²) in [5.74, 6) is -1.33. The van der Waals surface area contributed by atoms with Crippen molar-refractivity contribution in [3.8, 4) is 0 Å². The number of nitrogens with one attached hydrogen (secondary N) is 1. The molecule has 1 aromatic heterocycles. The van der Waals surface area contributed by atoms with Crippen LogP contribution in [0, 0.1) is 11.6 Å². The maximum absolute atomic E-state index is 12.9. The third-order valence-electron chi connectivity index (χ3n) is 2.88. The molecule has 0 aliphatic heterocycles. The van der Waals surface area contributed by atoms with Crippen molar-refractivity contribution in [3.63, 3.8) is 0 Å². The van der Waals surface area contributed by atoms with E-state index in [9.17, 15) is 18.7 Å². The van der Waals surface area contributed by atoms with Gasteiger partial charge in [-0.3, -0.25) is 9.78 Å². The van der Waals surface area contributed by atoms with Gasteiger partial charge in [0.25, 0.3) is 0 Å². The molecule has 2 N–H and O–H groups in total. The standard InChI is InChI=1S/C16H14F2N2O2/c17-13-4-2-12(3-5-13)15(21)10-20-16(22)6-1-11-7-14(18)9-19-8-11/h1-9,15,21H,10H2,(H,20,22)/b6-1+. The molecule has 0 aliphatic carbocycles. The number of halogens is 2. The van der Waals surface area contributed by atoms with Crippen LogP contribution < -0.4 is 5.32 Å². The van der Waals surface area contributed by atoms with Crippen molar-refractivity contribution in [2.24, 2.45) is 0 Å². The van der Waals surface area contributed by atoms with Crippen LogP contribution in [0.1, 0.15) is 17.2 Å². The van der Waals surface area contributed by atoms with Gasteiger partial charge in [0, 0.05) is 18.8 Å². The van der Waals surface area contributed by atoms with E-state index in [2.05, 4.69) is 10.3 Å². The molecule has 0 radical (unpaired) electrons. The lowest BCUT2D eigenvalue weighted by atomic mass is 10.1. The van der Waals surface area contributed by atoms with Crippen molar-refractivity contribution in [3.05, 3.63) is 71.6 Å². The Kier molecular flexibility index (Phi) is 5.32. The summed E-state index contributed by atoms with van der Waals surface area (Å²) in [4.78, 5) is 15.3. The highest BCUT2D eigenvalue weighted by molar-refractivity contribution is 5.91. The summed E-state index contributed by atoms with van der Waals surface area (Å²) in [7, 11) is 0. The van der Waals surface area contributed by atoms with Gasteiger partial charge in [-0.2, -0.15) is 0 Å². The number of aromatic nitrogens is 1. The largest absolute Gasteiger partial charge is 0.387 e. The van der Waals surface area contributed by atoms with Crippen LogP contribution in [0.5, 0.6) is 0 Å². The molecule has 2 aromatic rings. The van der Waals surface area contributed by atoms with Crippen LogP contribution in [0.15, 0.2) is 48.8 Å². The van der Waals surface area contributed by atoms with E-state index in [-0.39, 0.29) is 6.54 Å². The molecule has 1 unspecified atom stereocenters. The quantitative estimate of drug-likeness (QED) is 0.833. The summed E-state index contributed by atoms with van der Waals surface area (Å²) in [6.07, 6.45) is 4.18. The number of carbonyl (C=O) groups excluding carboxylic acids is 1. The Bertz CT molecular complexity index is 672. The molecular formula is C16H14F2N2O2. The molecule has 0 aliphatic rings. The zero-order chi connectivity index (χ0) is 15.9. The van der Waals surface area contributed by atoms with E-state index >= 15 is 0 Å². The normalized spacial score (nSPS) is 12.3. The molecule has 114 valence electrons.